The van der Waals surface area contributed by atoms with E-state index in [0.717, 1.165) is 0 Å². The molecule has 0 saturated carbocycles. The van der Waals surface area contributed by atoms with Crippen LogP contribution in [0.4, 0.5) is 0 Å². The molecule has 0 aliphatic carbocycles. The Kier molecular flexibility index (Phi) is 5.60. The van der Waals surface area contributed by atoms with Gasteiger partial charge in [0.15, 0.2) is 0 Å². The summed E-state index contributed by atoms with van der Waals surface area (Å²) in [5.74, 6) is 0.168. The summed E-state index contributed by atoms with van der Waals surface area (Å²) in [6, 6.07) is 3.10. The minimum absolute atomic E-state index is 0. The Hall–Kier alpha value is 0.0400. The van der Waals surface area contributed by atoms with Gasteiger partial charge in [0.1, 0.15) is 5.75 Å². The van der Waals surface area contributed by atoms with Crippen LogP contribution in [0.1, 0.15) is 32.4 Å². The van der Waals surface area contributed by atoms with Gasteiger partial charge in [0.2, 0.25) is 0 Å². The Bertz CT molecular complexity index is 377. The third kappa shape index (κ3) is 3.52. The maximum Gasteiger partial charge on any atom is 0.134 e. The zero-order chi connectivity index (χ0) is 11.8. The van der Waals surface area contributed by atoms with Crippen molar-refractivity contribution in [2.24, 2.45) is 11.1 Å². The van der Waals surface area contributed by atoms with Crippen LogP contribution in [0, 0.1) is 5.41 Å². The van der Waals surface area contributed by atoms with Gasteiger partial charge < -0.3 is 10.8 Å². The first kappa shape index (κ1) is 16.0. The van der Waals surface area contributed by atoms with E-state index in [1.54, 1.807) is 12.1 Å². The van der Waals surface area contributed by atoms with Crippen LogP contribution in [0.5, 0.6) is 5.75 Å². The minimum Gasteiger partial charge on any atom is -0.506 e. The first-order valence-electron chi connectivity index (χ1n) is 4.67. The Morgan fingerprint density at radius 3 is 2.31 bits per heavy atom. The van der Waals surface area contributed by atoms with Gasteiger partial charge in [-0.2, -0.15) is 0 Å². The average molecular weight is 329 g/mol. The van der Waals surface area contributed by atoms with Crippen LogP contribution in [0.3, 0.4) is 0 Å². The van der Waals surface area contributed by atoms with E-state index in [-0.39, 0.29) is 29.6 Å². The van der Waals surface area contributed by atoms with Gasteiger partial charge in [-0.25, -0.2) is 0 Å². The van der Waals surface area contributed by atoms with Gasteiger partial charge in [0.25, 0.3) is 0 Å². The Balaban J connectivity index is 0.00000225. The van der Waals surface area contributed by atoms with Gasteiger partial charge in [-0.05, 0) is 33.5 Å². The summed E-state index contributed by atoms with van der Waals surface area (Å²) in [6.45, 7) is 6.06. The van der Waals surface area contributed by atoms with Crippen LogP contribution in [-0.2, 0) is 0 Å². The van der Waals surface area contributed by atoms with Crippen LogP contribution in [0.15, 0.2) is 16.6 Å². The fourth-order valence-corrected chi connectivity index (χ4v) is 2.12. The summed E-state index contributed by atoms with van der Waals surface area (Å²) in [6.07, 6.45) is 0. The van der Waals surface area contributed by atoms with Crippen molar-refractivity contribution in [1.29, 1.82) is 0 Å². The molecule has 1 aromatic carbocycles. The molecule has 0 heterocycles. The Labute approximate surface area is 116 Å². The van der Waals surface area contributed by atoms with Crippen molar-refractivity contribution < 1.29 is 5.11 Å². The number of rotatable bonds is 1. The first-order chi connectivity index (χ1) is 6.73. The summed E-state index contributed by atoms with van der Waals surface area (Å²) in [5.41, 5.74) is 6.62. The SMILES string of the molecule is CC(C)(C)[C@@H](N)c1cc(Cl)cc(Br)c1O.Cl. The van der Waals surface area contributed by atoms with Crippen LogP contribution in [-0.4, -0.2) is 5.11 Å². The monoisotopic (exact) mass is 327 g/mol. The van der Waals surface area contributed by atoms with Crippen molar-refractivity contribution in [2.45, 2.75) is 26.8 Å². The van der Waals surface area contributed by atoms with E-state index in [2.05, 4.69) is 15.9 Å². The van der Waals surface area contributed by atoms with E-state index >= 15 is 0 Å². The van der Waals surface area contributed by atoms with E-state index in [1.165, 1.54) is 0 Å². The van der Waals surface area contributed by atoms with Crippen molar-refractivity contribution in [1.82, 2.24) is 0 Å². The van der Waals surface area contributed by atoms with Crippen LogP contribution < -0.4 is 5.73 Å². The molecule has 3 N–H and O–H groups in total. The average Bonchev–Trinajstić information content (AvgIpc) is 2.08. The molecule has 0 aliphatic rings. The number of aromatic hydroxyl groups is 1. The summed E-state index contributed by atoms with van der Waals surface area (Å²) in [7, 11) is 0. The fraction of sp³-hybridized carbons (Fsp3) is 0.455. The van der Waals surface area contributed by atoms with Gasteiger partial charge in [-0.3, -0.25) is 0 Å². The molecule has 0 aliphatic heterocycles. The molecule has 0 bridgehead atoms. The predicted octanol–water partition coefficient (Wildman–Crippen LogP) is 4.28. The van der Waals surface area contributed by atoms with Gasteiger partial charge >= 0.3 is 0 Å². The molecule has 0 aromatic heterocycles. The van der Waals surface area contributed by atoms with Crippen molar-refractivity contribution in [3.05, 3.63) is 27.2 Å². The van der Waals surface area contributed by atoms with E-state index < -0.39 is 0 Å². The zero-order valence-electron chi connectivity index (χ0n) is 9.42. The lowest BCUT2D eigenvalue weighted by Crippen LogP contribution is -2.26. The Morgan fingerprint density at radius 2 is 1.88 bits per heavy atom. The third-order valence-electron chi connectivity index (χ3n) is 2.33. The molecule has 0 saturated heterocycles. The molecule has 0 amide bonds. The zero-order valence-corrected chi connectivity index (χ0v) is 12.6. The van der Waals surface area contributed by atoms with Gasteiger partial charge in [0, 0.05) is 16.6 Å². The highest BCUT2D eigenvalue weighted by molar-refractivity contribution is 9.10. The number of phenols is 1. The Morgan fingerprint density at radius 1 is 1.38 bits per heavy atom. The summed E-state index contributed by atoms with van der Waals surface area (Å²) >= 11 is 9.16. The van der Waals surface area contributed by atoms with Crippen molar-refractivity contribution in [3.8, 4) is 5.75 Å². The molecular weight excluding hydrogens is 313 g/mol. The number of halogens is 3. The highest BCUT2D eigenvalue weighted by Crippen LogP contribution is 2.40. The second kappa shape index (κ2) is 5.58. The number of hydrogen-bond acceptors (Lipinski definition) is 2. The highest BCUT2D eigenvalue weighted by atomic mass is 79.9. The smallest absolute Gasteiger partial charge is 0.134 e. The largest absolute Gasteiger partial charge is 0.506 e. The maximum atomic E-state index is 9.87. The lowest BCUT2D eigenvalue weighted by molar-refractivity contribution is 0.317. The standard InChI is InChI=1S/C11H15BrClNO.ClH/c1-11(2,3)10(14)7-4-6(13)5-8(12)9(7)15;/h4-5,10,15H,14H2,1-3H3;1H/t10-;/m0./s1. The van der Waals surface area contributed by atoms with Crippen molar-refractivity contribution >= 4 is 39.9 Å². The quantitative estimate of drug-likeness (QED) is 0.808. The molecule has 0 unspecified atom stereocenters. The second-order valence-corrected chi connectivity index (χ2v) is 5.96. The molecule has 1 rings (SSSR count). The normalized spacial score (nSPS) is 13.1. The molecule has 92 valence electrons. The molecule has 16 heavy (non-hydrogen) atoms. The third-order valence-corrected chi connectivity index (χ3v) is 3.15. The molecule has 2 nitrogen and oxygen atoms in total. The first-order valence-corrected chi connectivity index (χ1v) is 5.84. The van der Waals surface area contributed by atoms with Crippen LogP contribution in [0.2, 0.25) is 5.02 Å². The van der Waals surface area contributed by atoms with E-state index in [0.29, 0.717) is 15.1 Å². The lowest BCUT2D eigenvalue weighted by atomic mass is 9.83. The minimum atomic E-state index is -0.257. The fourth-order valence-electron chi connectivity index (χ4n) is 1.29. The number of phenolic OH excluding ortho intramolecular Hbond substituents is 1. The van der Waals surface area contributed by atoms with Gasteiger partial charge in [-0.15, -0.1) is 12.4 Å². The summed E-state index contributed by atoms with van der Waals surface area (Å²) < 4.78 is 0.574. The van der Waals surface area contributed by atoms with E-state index in [1.807, 2.05) is 20.8 Å². The molecule has 0 radical (unpaired) electrons. The highest BCUT2D eigenvalue weighted by Gasteiger charge is 2.25. The number of hydrogen-bond donors (Lipinski definition) is 2. The predicted molar refractivity (Wildman–Crippen MR) is 74.4 cm³/mol. The second-order valence-electron chi connectivity index (χ2n) is 4.67. The molecule has 1 atom stereocenters. The number of benzene rings is 1. The van der Waals surface area contributed by atoms with Crippen molar-refractivity contribution in [2.75, 3.05) is 0 Å². The van der Waals surface area contributed by atoms with Gasteiger partial charge in [0.05, 0.1) is 4.47 Å². The molecule has 1 aromatic rings. The molecule has 0 spiro atoms. The van der Waals surface area contributed by atoms with Gasteiger partial charge in [-0.1, -0.05) is 32.4 Å². The summed E-state index contributed by atoms with van der Waals surface area (Å²) in [5, 5.41) is 10.4. The van der Waals surface area contributed by atoms with Crippen LogP contribution >= 0.6 is 39.9 Å². The van der Waals surface area contributed by atoms with Crippen molar-refractivity contribution in [3.63, 3.8) is 0 Å². The maximum absolute atomic E-state index is 9.87. The molecular formula is C11H16BrCl2NO. The van der Waals surface area contributed by atoms with E-state index in [4.69, 9.17) is 17.3 Å². The molecule has 5 heteroatoms. The molecule has 0 fully saturated rings. The van der Waals surface area contributed by atoms with Crippen LogP contribution in [0.25, 0.3) is 0 Å². The number of nitrogens with two attached hydrogens (primary N) is 1. The van der Waals surface area contributed by atoms with E-state index in [9.17, 15) is 5.11 Å². The lowest BCUT2D eigenvalue weighted by Gasteiger charge is -2.28. The summed E-state index contributed by atoms with van der Waals surface area (Å²) in [4.78, 5) is 0. The topological polar surface area (TPSA) is 46.2 Å².